The lowest BCUT2D eigenvalue weighted by molar-refractivity contribution is -0.117. The first-order valence-corrected chi connectivity index (χ1v) is 7.04. The molecule has 0 aromatic heterocycles. The average molecular weight is 298 g/mol. The Morgan fingerprint density at radius 3 is 2.55 bits per heavy atom. The van der Waals surface area contributed by atoms with Gasteiger partial charge >= 0.3 is 0 Å². The van der Waals surface area contributed by atoms with Gasteiger partial charge in [0.25, 0.3) is 0 Å². The summed E-state index contributed by atoms with van der Waals surface area (Å²) in [7, 11) is 0. The van der Waals surface area contributed by atoms with Crippen LogP contribution in [0.4, 0.5) is 11.4 Å². The van der Waals surface area contributed by atoms with Crippen molar-refractivity contribution in [3.8, 4) is 0 Å². The standard InChI is InChI=1S/C14H20ClN3O2/c1-2-4-13(19)17-10-6-7-11(15)12(9-10)18-14(20)5-3-8-16/h6-7,9H,2-5,8,16H2,1H3,(H,17,19)(H,18,20). The highest BCUT2D eigenvalue weighted by Crippen LogP contribution is 2.26. The first kappa shape index (κ1) is 16.5. The quantitative estimate of drug-likeness (QED) is 0.723. The van der Waals surface area contributed by atoms with Crippen LogP contribution in [0, 0.1) is 0 Å². The Hall–Kier alpha value is -1.59. The van der Waals surface area contributed by atoms with Crippen LogP contribution in [0.2, 0.25) is 5.02 Å². The van der Waals surface area contributed by atoms with Crippen LogP contribution in [0.3, 0.4) is 0 Å². The van der Waals surface area contributed by atoms with Gasteiger partial charge in [0, 0.05) is 18.5 Å². The van der Waals surface area contributed by atoms with E-state index in [0.717, 1.165) is 6.42 Å². The maximum atomic E-state index is 11.6. The van der Waals surface area contributed by atoms with E-state index in [9.17, 15) is 9.59 Å². The first-order valence-electron chi connectivity index (χ1n) is 6.66. The van der Waals surface area contributed by atoms with E-state index in [-0.39, 0.29) is 11.8 Å². The minimum absolute atomic E-state index is 0.0600. The molecule has 0 spiro atoms. The lowest BCUT2D eigenvalue weighted by Crippen LogP contribution is -2.14. The maximum absolute atomic E-state index is 11.6. The third-order valence-electron chi connectivity index (χ3n) is 2.61. The van der Waals surface area contributed by atoms with Crippen LogP contribution in [-0.4, -0.2) is 18.4 Å². The van der Waals surface area contributed by atoms with Gasteiger partial charge in [-0.25, -0.2) is 0 Å². The summed E-state index contributed by atoms with van der Waals surface area (Å²) in [5, 5.41) is 5.90. The molecule has 0 radical (unpaired) electrons. The summed E-state index contributed by atoms with van der Waals surface area (Å²) in [6.45, 7) is 2.40. The van der Waals surface area contributed by atoms with Crippen LogP contribution >= 0.6 is 11.6 Å². The lowest BCUT2D eigenvalue weighted by atomic mass is 10.2. The molecular formula is C14H20ClN3O2. The van der Waals surface area contributed by atoms with Crippen molar-refractivity contribution in [1.82, 2.24) is 0 Å². The fraction of sp³-hybridized carbons (Fsp3) is 0.429. The SMILES string of the molecule is CCCC(=O)Nc1ccc(Cl)c(NC(=O)CCCN)c1. The number of benzene rings is 1. The van der Waals surface area contributed by atoms with Gasteiger partial charge < -0.3 is 16.4 Å². The number of halogens is 1. The Morgan fingerprint density at radius 1 is 1.20 bits per heavy atom. The van der Waals surface area contributed by atoms with Gasteiger partial charge in [0.15, 0.2) is 0 Å². The first-order chi connectivity index (χ1) is 9.56. The van der Waals surface area contributed by atoms with Crippen molar-refractivity contribution in [2.24, 2.45) is 5.73 Å². The Balaban J connectivity index is 2.71. The Morgan fingerprint density at radius 2 is 1.90 bits per heavy atom. The van der Waals surface area contributed by atoms with E-state index in [0.29, 0.717) is 42.2 Å². The predicted molar refractivity (Wildman–Crippen MR) is 81.9 cm³/mol. The molecule has 0 fully saturated rings. The molecule has 0 saturated carbocycles. The number of nitrogens with one attached hydrogen (secondary N) is 2. The summed E-state index contributed by atoms with van der Waals surface area (Å²) in [5.74, 6) is -0.204. The summed E-state index contributed by atoms with van der Waals surface area (Å²) in [6.07, 6.45) is 2.21. The number of rotatable bonds is 7. The molecule has 0 unspecified atom stereocenters. The molecule has 0 aliphatic rings. The van der Waals surface area contributed by atoms with Crippen LogP contribution < -0.4 is 16.4 Å². The van der Waals surface area contributed by atoms with Gasteiger partial charge in [-0.2, -0.15) is 0 Å². The van der Waals surface area contributed by atoms with E-state index in [1.807, 2.05) is 6.92 Å². The summed E-state index contributed by atoms with van der Waals surface area (Å²) >= 11 is 6.02. The van der Waals surface area contributed by atoms with Gasteiger partial charge in [0.2, 0.25) is 11.8 Å². The van der Waals surface area contributed by atoms with Crippen LogP contribution in [0.5, 0.6) is 0 Å². The fourth-order valence-electron chi connectivity index (χ4n) is 1.62. The van der Waals surface area contributed by atoms with Gasteiger partial charge in [-0.1, -0.05) is 18.5 Å². The van der Waals surface area contributed by atoms with Crippen molar-refractivity contribution in [2.75, 3.05) is 17.2 Å². The topological polar surface area (TPSA) is 84.2 Å². The summed E-state index contributed by atoms with van der Waals surface area (Å²) in [5.41, 5.74) is 6.46. The predicted octanol–water partition coefficient (Wildman–Crippen LogP) is 2.76. The van der Waals surface area contributed by atoms with Gasteiger partial charge in [-0.3, -0.25) is 9.59 Å². The molecule has 1 rings (SSSR count). The normalized spacial score (nSPS) is 10.2. The van der Waals surface area contributed by atoms with Crippen molar-refractivity contribution >= 4 is 34.8 Å². The Kier molecular flexibility index (Phi) is 7.04. The van der Waals surface area contributed by atoms with Gasteiger partial charge in [-0.05, 0) is 37.6 Å². The molecule has 6 heteroatoms. The number of carbonyl (C=O) groups excluding carboxylic acids is 2. The Bertz CT molecular complexity index is 477. The summed E-state index contributed by atoms with van der Waals surface area (Å²) in [6, 6.07) is 4.99. The molecule has 5 nitrogen and oxygen atoms in total. The van der Waals surface area contributed by atoms with E-state index in [4.69, 9.17) is 17.3 Å². The molecule has 0 bridgehead atoms. The largest absolute Gasteiger partial charge is 0.330 e. The second kappa shape index (κ2) is 8.55. The van der Waals surface area contributed by atoms with Crippen LogP contribution in [-0.2, 0) is 9.59 Å². The summed E-state index contributed by atoms with van der Waals surface area (Å²) < 4.78 is 0. The molecule has 4 N–H and O–H groups in total. The van der Waals surface area contributed by atoms with E-state index in [1.165, 1.54) is 0 Å². The second-order valence-electron chi connectivity index (χ2n) is 4.43. The van der Waals surface area contributed by atoms with E-state index < -0.39 is 0 Å². The minimum atomic E-state index is -0.144. The molecule has 0 saturated heterocycles. The third-order valence-corrected chi connectivity index (χ3v) is 2.94. The number of nitrogens with two attached hydrogens (primary N) is 1. The highest BCUT2D eigenvalue weighted by molar-refractivity contribution is 6.33. The van der Waals surface area contributed by atoms with Crippen molar-refractivity contribution in [3.63, 3.8) is 0 Å². The van der Waals surface area contributed by atoms with E-state index in [2.05, 4.69) is 10.6 Å². The Labute approximate surface area is 123 Å². The molecule has 0 atom stereocenters. The number of hydrogen-bond donors (Lipinski definition) is 3. The second-order valence-corrected chi connectivity index (χ2v) is 4.84. The molecule has 20 heavy (non-hydrogen) atoms. The monoisotopic (exact) mass is 297 g/mol. The molecule has 0 aliphatic heterocycles. The van der Waals surface area contributed by atoms with Crippen molar-refractivity contribution in [2.45, 2.75) is 32.6 Å². The highest BCUT2D eigenvalue weighted by Gasteiger charge is 2.08. The molecule has 0 heterocycles. The van der Waals surface area contributed by atoms with Gasteiger partial charge in [-0.15, -0.1) is 0 Å². The number of carbonyl (C=O) groups is 2. The minimum Gasteiger partial charge on any atom is -0.330 e. The van der Waals surface area contributed by atoms with Crippen molar-refractivity contribution in [3.05, 3.63) is 23.2 Å². The molecule has 1 aromatic rings. The fourth-order valence-corrected chi connectivity index (χ4v) is 1.79. The number of hydrogen-bond acceptors (Lipinski definition) is 3. The zero-order valence-corrected chi connectivity index (χ0v) is 12.3. The zero-order chi connectivity index (χ0) is 15.0. The lowest BCUT2D eigenvalue weighted by Gasteiger charge is -2.10. The van der Waals surface area contributed by atoms with Crippen LogP contribution in [0.25, 0.3) is 0 Å². The highest BCUT2D eigenvalue weighted by atomic mass is 35.5. The number of anilines is 2. The average Bonchev–Trinajstić information content (AvgIpc) is 2.40. The van der Waals surface area contributed by atoms with Crippen LogP contribution in [0.15, 0.2) is 18.2 Å². The molecule has 2 amide bonds. The molecule has 0 aliphatic carbocycles. The van der Waals surface area contributed by atoms with Crippen molar-refractivity contribution in [1.29, 1.82) is 0 Å². The van der Waals surface area contributed by atoms with Gasteiger partial charge in [0.1, 0.15) is 0 Å². The zero-order valence-electron chi connectivity index (χ0n) is 11.5. The summed E-state index contributed by atoms with van der Waals surface area (Å²) in [4.78, 5) is 23.2. The third kappa shape index (κ3) is 5.59. The maximum Gasteiger partial charge on any atom is 0.224 e. The van der Waals surface area contributed by atoms with E-state index >= 15 is 0 Å². The number of amides is 2. The van der Waals surface area contributed by atoms with E-state index in [1.54, 1.807) is 18.2 Å². The van der Waals surface area contributed by atoms with Crippen LogP contribution in [0.1, 0.15) is 32.6 Å². The van der Waals surface area contributed by atoms with Gasteiger partial charge in [0.05, 0.1) is 10.7 Å². The molecular weight excluding hydrogens is 278 g/mol. The molecule has 110 valence electrons. The molecule has 1 aromatic carbocycles. The van der Waals surface area contributed by atoms with Crippen molar-refractivity contribution < 1.29 is 9.59 Å². The smallest absolute Gasteiger partial charge is 0.224 e.